The number of hydrogen-bond acceptors (Lipinski definition) is 2. The molecule has 1 aliphatic rings. The summed E-state index contributed by atoms with van der Waals surface area (Å²) in [4.78, 5) is 0. The Morgan fingerprint density at radius 2 is 2.00 bits per heavy atom. The Morgan fingerprint density at radius 3 is 2.63 bits per heavy atom. The van der Waals surface area contributed by atoms with Gasteiger partial charge in [-0.05, 0) is 51.5 Å². The molecule has 0 spiro atoms. The molecule has 3 heteroatoms. The molecule has 0 amide bonds. The van der Waals surface area contributed by atoms with Crippen LogP contribution in [0.5, 0.6) is 0 Å². The smallest absolute Gasteiger partial charge is 0.0629 e. The summed E-state index contributed by atoms with van der Waals surface area (Å²) >= 11 is 0. The normalized spacial score (nSPS) is 25.5. The van der Waals surface area contributed by atoms with E-state index in [0.29, 0.717) is 6.04 Å². The molecule has 1 heterocycles. The van der Waals surface area contributed by atoms with Crippen LogP contribution < -0.4 is 5.73 Å². The number of nitrogens with two attached hydrogens (primary N) is 1. The van der Waals surface area contributed by atoms with Crippen LogP contribution in [-0.4, -0.2) is 15.8 Å². The molecule has 0 aromatic carbocycles. The molecule has 1 aromatic heterocycles. The second-order valence-corrected chi connectivity index (χ2v) is 6.30. The van der Waals surface area contributed by atoms with E-state index >= 15 is 0 Å². The van der Waals surface area contributed by atoms with Gasteiger partial charge in [0.25, 0.3) is 0 Å². The van der Waals surface area contributed by atoms with Gasteiger partial charge in [0.2, 0.25) is 0 Å². The summed E-state index contributed by atoms with van der Waals surface area (Å²) in [5.41, 5.74) is 9.86. The highest BCUT2D eigenvalue weighted by Gasteiger charge is 2.28. The van der Waals surface area contributed by atoms with Crippen LogP contribution in [0.1, 0.15) is 68.9 Å². The van der Waals surface area contributed by atoms with Crippen molar-refractivity contribution in [3.8, 4) is 0 Å². The Hall–Kier alpha value is -0.830. The first-order chi connectivity index (χ1) is 9.04. The quantitative estimate of drug-likeness (QED) is 0.903. The lowest BCUT2D eigenvalue weighted by Gasteiger charge is -2.32. The summed E-state index contributed by atoms with van der Waals surface area (Å²) in [6.45, 7) is 8.74. The van der Waals surface area contributed by atoms with E-state index in [1.54, 1.807) is 0 Å². The van der Waals surface area contributed by atoms with E-state index < -0.39 is 0 Å². The van der Waals surface area contributed by atoms with Crippen LogP contribution in [0.4, 0.5) is 0 Å². The highest BCUT2D eigenvalue weighted by atomic mass is 15.3. The first-order valence-electron chi connectivity index (χ1n) is 7.84. The summed E-state index contributed by atoms with van der Waals surface area (Å²) < 4.78 is 2.32. The first kappa shape index (κ1) is 14.6. The van der Waals surface area contributed by atoms with Crippen molar-refractivity contribution in [1.82, 2.24) is 9.78 Å². The van der Waals surface area contributed by atoms with Gasteiger partial charge in [0.15, 0.2) is 0 Å². The fourth-order valence-corrected chi connectivity index (χ4v) is 3.62. The van der Waals surface area contributed by atoms with Crippen molar-refractivity contribution in [3.63, 3.8) is 0 Å². The van der Waals surface area contributed by atoms with Gasteiger partial charge in [0.05, 0.1) is 11.7 Å². The van der Waals surface area contributed by atoms with Crippen LogP contribution in [0.25, 0.3) is 0 Å². The average Bonchev–Trinajstić information content (AvgIpc) is 2.66. The predicted molar refractivity (Wildman–Crippen MR) is 80.3 cm³/mol. The molecule has 1 fully saturated rings. The zero-order valence-corrected chi connectivity index (χ0v) is 12.9. The lowest BCUT2D eigenvalue weighted by molar-refractivity contribution is 0.214. The van der Waals surface area contributed by atoms with Gasteiger partial charge in [-0.15, -0.1) is 0 Å². The monoisotopic (exact) mass is 263 g/mol. The van der Waals surface area contributed by atoms with Crippen molar-refractivity contribution in [1.29, 1.82) is 0 Å². The van der Waals surface area contributed by atoms with Gasteiger partial charge in [-0.1, -0.05) is 26.2 Å². The van der Waals surface area contributed by atoms with E-state index in [-0.39, 0.29) is 6.04 Å². The third-order valence-corrected chi connectivity index (χ3v) is 4.71. The molecular weight excluding hydrogens is 234 g/mol. The molecule has 2 N–H and O–H groups in total. The minimum Gasteiger partial charge on any atom is -0.328 e. The van der Waals surface area contributed by atoms with E-state index in [4.69, 9.17) is 10.8 Å². The summed E-state index contributed by atoms with van der Waals surface area (Å²) in [7, 11) is 0. The van der Waals surface area contributed by atoms with Crippen LogP contribution in [0, 0.1) is 19.8 Å². The summed E-state index contributed by atoms with van der Waals surface area (Å²) in [6.07, 6.45) is 7.61. The van der Waals surface area contributed by atoms with Crippen molar-refractivity contribution in [3.05, 3.63) is 17.0 Å². The zero-order valence-electron chi connectivity index (χ0n) is 12.9. The van der Waals surface area contributed by atoms with Gasteiger partial charge in [-0.3, -0.25) is 4.68 Å². The average molecular weight is 263 g/mol. The van der Waals surface area contributed by atoms with Crippen LogP contribution in [0.2, 0.25) is 0 Å². The fourth-order valence-electron chi connectivity index (χ4n) is 3.62. The van der Waals surface area contributed by atoms with Crippen molar-refractivity contribution < 1.29 is 0 Å². The van der Waals surface area contributed by atoms with E-state index in [0.717, 1.165) is 12.3 Å². The second-order valence-electron chi connectivity index (χ2n) is 6.30. The van der Waals surface area contributed by atoms with Crippen LogP contribution >= 0.6 is 0 Å². The maximum atomic E-state index is 5.97. The number of rotatable bonds is 4. The Bertz CT molecular complexity index is 420. The molecule has 3 nitrogen and oxygen atoms in total. The van der Waals surface area contributed by atoms with Crippen molar-refractivity contribution in [2.45, 2.75) is 78.3 Å². The standard InChI is InChI=1S/C16H29N3/c1-5-14-8-6-7-9-16(14)19-13(4)15(10-11(2)17)12(3)18-19/h11,14,16H,5-10,17H2,1-4H3. The summed E-state index contributed by atoms with van der Waals surface area (Å²) in [5.74, 6) is 0.801. The highest BCUT2D eigenvalue weighted by Crippen LogP contribution is 2.37. The highest BCUT2D eigenvalue weighted by molar-refractivity contribution is 5.26. The molecule has 1 saturated carbocycles. The fraction of sp³-hybridized carbons (Fsp3) is 0.812. The molecule has 0 bridgehead atoms. The molecule has 108 valence electrons. The Kier molecular flexibility index (Phi) is 4.67. The molecular formula is C16H29N3. The molecule has 0 aliphatic heterocycles. The van der Waals surface area contributed by atoms with Crippen molar-refractivity contribution in [2.75, 3.05) is 0 Å². The number of aryl methyl sites for hydroxylation is 1. The minimum absolute atomic E-state index is 0.211. The van der Waals surface area contributed by atoms with Gasteiger partial charge in [0, 0.05) is 11.7 Å². The third kappa shape index (κ3) is 3.02. The molecule has 3 unspecified atom stereocenters. The lowest BCUT2D eigenvalue weighted by Crippen LogP contribution is -2.25. The SMILES string of the molecule is CCC1CCCCC1n1nc(C)c(CC(C)N)c1C. The summed E-state index contributed by atoms with van der Waals surface area (Å²) in [6, 6.07) is 0.822. The zero-order chi connectivity index (χ0) is 14.0. The Morgan fingerprint density at radius 1 is 1.32 bits per heavy atom. The third-order valence-electron chi connectivity index (χ3n) is 4.71. The predicted octanol–water partition coefficient (Wildman–Crippen LogP) is 3.53. The van der Waals surface area contributed by atoms with Gasteiger partial charge in [-0.25, -0.2) is 0 Å². The maximum Gasteiger partial charge on any atom is 0.0629 e. The Labute approximate surface area is 117 Å². The van der Waals surface area contributed by atoms with Gasteiger partial charge < -0.3 is 5.73 Å². The van der Waals surface area contributed by atoms with Crippen molar-refractivity contribution in [2.24, 2.45) is 11.7 Å². The van der Waals surface area contributed by atoms with Gasteiger partial charge in [-0.2, -0.15) is 5.10 Å². The largest absolute Gasteiger partial charge is 0.328 e. The Balaban J connectivity index is 2.29. The van der Waals surface area contributed by atoms with Crippen molar-refractivity contribution >= 4 is 0 Å². The molecule has 1 aromatic rings. The molecule has 2 rings (SSSR count). The molecule has 0 saturated heterocycles. The van der Waals surface area contributed by atoms with E-state index in [2.05, 4.69) is 32.4 Å². The summed E-state index contributed by atoms with van der Waals surface area (Å²) in [5, 5.41) is 4.85. The van der Waals surface area contributed by atoms with Gasteiger partial charge >= 0.3 is 0 Å². The second kappa shape index (κ2) is 6.08. The van der Waals surface area contributed by atoms with E-state index in [1.165, 1.54) is 49.1 Å². The van der Waals surface area contributed by atoms with E-state index in [1.807, 2.05) is 0 Å². The van der Waals surface area contributed by atoms with Crippen LogP contribution in [0.3, 0.4) is 0 Å². The number of nitrogens with zero attached hydrogens (tertiary/aromatic N) is 2. The van der Waals surface area contributed by atoms with Crippen LogP contribution in [-0.2, 0) is 6.42 Å². The topological polar surface area (TPSA) is 43.8 Å². The maximum absolute atomic E-state index is 5.97. The number of aromatic nitrogens is 2. The molecule has 19 heavy (non-hydrogen) atoms. The van der Waals surface area contributed by atoms with Gasteiger partial charge in [0.1, 0.15) is 0 Å². The van der Waals surface area contributed by atoms with E-state index in [9.17, 15) is 0 Å². The lowest BCUT2D eigenvalue weighted by atomic mass is 9.83. The molecule has 0 radical (unpaired) electrons. The molecule has 1 aliphatic carbocycles. The molecule has 3 atom stereocenters. The number of hydrogen-bond donors (Lipinski definition) is 1. The van der Waals surface area contributed by atoms with Crippen LogP contribution in [0.15, 0.2) is 0 Å². The first-order valence-corrected chi connectivity index (χ1v) is 7.84. The minimum atomic E-state index is 0.211.